The quantitative estimate of drug-likeness (QED) is 0.536. The van der Waals surface area contributed by atoms with Crippen LogP contribution in [0, 0.1) is 0 Å². The Morgan fingerprint density at radius 2 is 1.91 bits per heavy atom. The molecule has 2 rings (SSSR count). The van der Waals surface area contributed by atoms with Crippen LogP contribution < -0.4 is 10.6 Å². The van der Waals surface area contributed by atoms with Gasteiger partial charge in [0.05, 0.1) is 18.1 Å². The summed E-state index contributed by atoms with van der Waals surface area (Å²) in [4.78, 5) is 14.0. The van der Waals surface area contributed by atoms with E-state index in [-0.39, 0.29) is 19.0 Å². The van der Waals surface area contributed by atoms with Gasteiger partial charge in [-0.15, -0.1) is 11.3 Å². The van der Waals surface area contributed by atoms with Gasteiger partial charge in [0.25, 0.3) is 0 Å². The number of benzene rings is 1. The fourth-order valence-corrected chi connectivity index (χ4v) is 3.07. The molecule has 1 heterocycles. The minimum atomic E-state index is 0.00659. The van der Waals surface area contributed by atoms with Gasteiger partial charge in [-0.05, 0) is 42.1 Å². The number of aliphatic hydroxyl groups excluding tert-OH is 2. The van der Waals surface area contributed by atoms with Crippen LogP contribution in [0.3, 0.4) is 0 Å². The predicted molar refractivity (Wildman–Crippen MR) is 90.6 cm³/mol. The van der Waals surface area contributed by atoms with Crippen LogP contribution >= 0.6 is 11.3 Å². The number of hydrogen-bond acceptors (Lipinski definition) is 6. The number of nitrogen functional groups attached to an aromatic ring is 1. The number of thiophene rings is 1. The SMILES string of the molecule is CC(=O)c1cc(-c2cc(N(CCO)CCO)ccc2N)cs1. The molecule has 0 amide bonds. The van der Waals surface area contributed by atoms with Gasteiger partial charge >= 0.3 is 0 Å². The largest absolute Gasteiger partial charge is 0.398 e. The molecule has 0 aliphatic carbocycles. The molecule has 5 nitrogen and oxygen atoms in total. The second-order valence-electron chi connectivity index (χ2n) is 4.96. The summed E-state index contributed by atoms with van der Waals surface area (Å²) in [6.45, 7) is 2.43. The molecule has 0 fully saturated rings. The molecular formula is C16H20N2O3S. The van der Waals surface area contributed by atoms with Crippen molar-refractivity contribution < 1.29 is 15.0 Å². The molecule has 0 saturated heterocycles. The number of carbonyl (C=O) groups excluding carboxylic acids is 1. The Morgan fingerprint density at radius 1 is 1.23 bits per heavy atom. The van der Waals surface area contributed by atoms with Crippen molar-refractivity contribution in [2.24, 2.45) is 0 Å². The summed E-state index contributed by atoms with van der Waals surface area (Å²) >= 11 is 1.40. The highest BCUT2D eigenvalue weighted by Gasteiger charge is 2.12. The van der Waals surface area contributed by atoms with Crippen LogP contribution in [0.25, 0.3) is 11.1 Å². The Morgan fingerprint density at radius 3 is 2.45 bits per heavy atom. The van der Waals surface area contributed by atoms with Gasteiger partial charge in [-0.25, -0.2) is 0 Å². The molecule has 0 radical (unpaired) electrons. The molecule has 4 N–H and O–H groups in total. The Bertz CT molecular complexity index is 649. The highest BCUT2D eigenvalue weighted by molar-refractivity contribution is 7.12. The van der Waals surface area contributed by atoms with E-state index in [1.165, 1.54) is 11.3 Å². The molecule has 0 atom stereocenters. The standard InChI is InChI=1S/C16H20N2O3S/c1-11(21)16-8-12(10-22-16)14-9-13(2-3-15(14)17)18(4-6-19)5-7-20/h2-3,8-10,19-20H,4-7,17H2,1H3. The molecule has 0 bridgehead atoms. The third-order valence-electron chi connectivity index (χ3n) is 3.40. The second kappa shape index (κ2) is 7.40. The predicted octanol–water partition coefficient (Wildman–Crippen LogP) is 1.99. The van der Waals surface area contributed by atoms with Crippen LogP contribution in [-0.4, -0.2) is 42.3 Å². The lowest BCUT2D eigenvalue weighted by atomic mass is 10.0. The van der Waals surface area contributed by atoms with Crippen molar-refractivity contribution in [2.45, 2.75) is 6.92 Å². The van der Waals surface area contributed by atoms with Gasteiger partial charge in [0, 0.05) is 30.0 Å². The molecule has 0 unspecified atom stereocenters. The molecule has 2 aromatic rings. The van der Waals surface area contributed by atoms with E-state index in [9.17, 15) is 4.79 Å². The van der Waals surface area contributed by atoms with E-state index < -0.39 is 0 Å². The maximum atomic E-state index is 11.4. The first-order valence-corrected chi connectivity index (χ1v) is 7.90. The number of aliphatic hydroxyl groups is 2. The highest BCUT2D eigenvalue weighted by atomic mass is 32.1. The van der Waals surface area contributed by atoms with E-state index in [0.29, 0.717) is 23.7 Å². The molecule has 0 saturated carbocycles. The summed E-state index contributed by atoms with van der Waals surface area (Å²) in [7, 11) is 0. The first-order chi connectivity index (χ1) is 10.6. The van der Waals surface area contributed by atoms with Gasteiger partial charge in [-0.1, -0.05) is 0 Å². The topological polar surface area (TPSA) is 86.8 Å². The minimum Gasteiger partial charge on any atom is -0.398 e. The van der Waals surface area contributed by atoms with E-state index in [2.05, 4.69) is 0 Å². The van der Waals surface area contributed by atoms with E-state index in [1.54, 1.807) is 13.0 Å². The van der Waals surface area contributed by atoms with E-state index in [1.807, 2.05) is 28.5 Å². The van der Waals surface area contributed by atoms with E-state index in [0.717, 1.165) is 16.8 Å². The fraction of sp³-hybridized carbons (Fsp3) is 0.312. The van der Waals surface area contributed by atoms with E-state index >= 15 is 0 Å². The Kier molecular flexibility index (Phi) is 5.54. The molecule has 0 spiro atoms. The lowest BCUT2D eigenvalue weighted by Gasteiger charge is -2.24. The summed E-state index contributed by atoms with van der Waals surface area (Å²) in [5.41, 5.74) is 9.32. The minimum absolute atomic E-state index is 0.00659. The number of carbonyl (C=O) groups is 1. The Balaban J connectivity index is 2.38. The van der Waals surface area contributed by atoms with Crippen molar-refractivity contribution in [1.29, 1.82) is 0 Å². The summed E-state index contributed by atoms with van der Waals surface area (Å²) in [5.74, 6) is 0.0353. The van der Waals surface area contributed by atoms with Gasteiger partial charge < -0.3 is 20.8 Å². The first kappa shape index (κ1) is 16.5. The molecule has 6 heteroatoms. The molecule has 0 aliphatic heterocycles. The molecule has 1 aromatic carbocycles. The molecule has 1 aromatic heterocycles. The maximum absolute atomic E-state index is 11.4. The summed E-state index contributed by atoms with van der Waals surface area (Å²) in [5, 5.41) is 20.2. The molecule has 22 heavy (non-hydrogen) atoms. The number of anilines is 2. The van der Waals surface area contributed by atoms with Crippen molar-refractivity contribution in [1.82, 2.24) is 0 Å². The smallest absolute Gasteiger partial charge is 0.169 e. The number of hydrogen-bond donors (Lipinski definition) is 3. The van der Waals surface area contributed by atoms with Gasteiger partial charge in [0.15, 0.2) is 5.78 Å². The van der Waals surface area contributed by atoms with Crippen molar-refractivity contribution in [3.63, 3.8) is 0 Å². The van der Waals surface area contributed by atoms with Crippen molar-refractivity contribution in [2.75, 3.05) is 36.9 Å². The van der Waals surface area contributed by atoms with Gasteiger partial charge in [-0.2, -0.15) is 0 Å². The highest BCUT2D eigenvalue weighted by Crippen LogP contribution is 2.33. The van der Waals surface area contributed by atoms with Crippen molar-refractivity contribution in [3.05, 3.63) is 34.5 Å². The average Bonchev–Trinajstić information content (AvgIpc) is 2.97. The number of rotatable bonds is 7. The van der Waals surface area contributed by atoms with Crippen molar-refractivity contribution >= 4 is 28.5 Å². The van der Waals surface area contributed by atoms with Crippen LogP contribution in [0.2, 0.25) is 0 Å². The average molecular weight is 320 g/mol. The van der Waals surface area contributed by atoms with Gasteiger partial charge in [0.2, 0.25) is 0 Å². The zero-order valence-corrected chi connectivity index (χ0v) is 13.3. The summed E-state index contributed by atoms with van der Waals surface area (Å²) < 4.78 is 0. The van der Waals surface area contributed by atoms with Gasteiger partial charge in [0.1, 0.15) is 0 Å². The second-order valence-corrected chi connectivity index (χ2v) is 5.87. The number of nitrogens with two attached hydrogens (primary N) is 1. The van der Waals surface area contributed by atoms with E-state index in [4.69, 9.17) is 15.9 Å². The Hall–Kier alpha value is -1.89. The van der Waals surface area contributed by atoms with Crippen LogP contribution in [0.5, 0.6) is 0 Å². The number of nitrogens with zero attached hydrogens (tertiary/aromatic N) is 1. The normalized spacial score (nSPS) is 10.7. The maximum Gasteiger partial charge on any atom is 0.169 e. The van der Waals surface area contributed by atoms with Crippen LogP contribution in [0.15, 0.2) is 29.6 Å². The zero-order chi connectivity index (χ0) is 16.1. The summed E-state index contributed by atoms with van der Waals surface area (Å²) in [6.07, 6.45) is 0. The molecule has 118 valence electrons. The molecular weight excluding hydrogens is 300 g/mol. The van der Waals surface area contributed by atoms with Gasteiger partial charge in [-0.3, -0.25) is 4.79 Å². The van der Waals surface area contributed by atoms with Crippen LogP contribution in [0.4, 0.5) is 11.4 Å². The zero-order valence-electron chi connectivity index (χ0n) is 12.5. The first-order valence-electron chi connectivity index (χ1n) is 7.03. The number of ketones is 1. The Labute approximate surface area is 133 Å². The fourth-order valence-electron chi connectivity index (χ4n) is 2.26. The van der Waals surface area contributed by atoms with Crippen molar-refractivity contribution in [3.8, 4) is 11.1 Å². The number of Topliss-reactive ketones (excluding diaryl/α,β-unsaturated/α-hetero) is 1. The molecule has 0 aliphatic rings. The van der Waals surface area contributed by atoms with Crippen LogP contribution in [-0.2, 0) is 0 Å². The summed E-state index contributed by atoms with van der Waals surface area (Å²) in [6, 6.07) is 7.43. The third kappa shape index (κ3) is 3.65. The third-order valence-corrected chi connectivity index (χ3v) is 4.43. The van der Waals surface area contributed by atoms with Crippen LogP contribution in [0.1, 0.15) is 16.6 Å². The lowest BCUT2D eigenvalue weighted by Crippen LogP contribution is -2.29. The monoisotopic (exact) mass is 320 g/mol. The lowest BCUT2D eigenvalue weighted by molar-refractivity contribution is 0.102.